The van der Waals surface area contributed by atoms with Crippen LogP contribution in [0.5, 0.6) is 0 Å². The summed E-state index contributed by atoms with van der Waals surface area (Å²) in [5, 5.41) is 6.07. The van der Waals surface area contributed by atoms with E-state index in [1.165, 1.54) is 19.3 Å². The van der Waals surface area contributed by atoms with Crippen LogP contribution < -0.4 is 10.6 Å². The number of rotatable bonds is 5. The van der Waals surface area contributed by atoms with Crippen molar-refractivity contribution in [3.8, 4) is 0 Å². The number of carbonyl (C=O) groups excluding carboxylic acids is 1. The number of ether oxygens (including phenoxy) is 1. The predicted molar refractivity (Wildman–Crippen MR) is 69.0 cm³/mol. The van der Waals surface area contributed by atoms with Gasteiger partial charge < -0.3 is 15.4 Å². The van der Waals surface area contributed by atoms with Gasteiger partial charge in [-0.2, -0.15) is 0 Å². The summed E-state index contributed by atoms with van der Waals surface area (Å²) in [4.78, 5) is 11.7. The highest BCUT2D eigenvalue weighted by atomic mass is 16.6. The van der Waals surface area contributed by atoms with Crippen LogP contribution in [0.3, 0.4) is 0 Å². The van der Waals surface area contributed by atoms with Gasteiger partial charge in [-0.25, -0.2) is 4.79 Å². The maximum absolute atomic E-state index is 11.7. The van der Waals surface area contributed by atoms with Crippen LogP contribution in [0, 0.1) is 5.92 Å². The summed E-state index contributed by atoms with van der Waals surface area (Å²) in [7, 11) is 1.91. The Morgan fingerprint density at radius 2 is 2.06 bits per heavy atom. The van der Waals surface area contributed by atoms with E-state index in [4.69, 9.17) is 4.74 Å². The first-order chi connectivity index (χ1) is 7.90. The zero-order valence-electron chi connectivity index (χ0n) is 11.5. The number of alkyl carbamates (subject to hydrolysis) is 1. The Hall–Kier alpha value is -0.770. The standard InChI is InChI=1S/C13H26N2O2/c1-13(2,3)17-12(16)15-11(9-14-4)8-10-6-5-7-10/h10-11,14H,5-9H2,1-4H3,(H,15,16). The number of amides is 1. The summed E-state index contributed by atoms with van der Waals surface area (Å²) in [6.07, 6.45) is 4.69. The molecule has 0 saturated heterocycles. The molecular weight excluding hydrogens is 216 g/mol. The van der Waals surface area contributed by atoms with E-state index in [0.717, 1.165) is 18.9 Å². The minimum atomic E-state index is -0.426. The molecule has 0 radical (unpaired) electrons. The Labute approximate surface area is 104 Å². The summed E-state index contributed by atoms with van der Waals surface area (Å²) in [6.45, 7) is 6.44. The first-order valence-corrected chi connectivity index (χ1v) is 6.55. The second-order valence-corrected chi connectivity index (χ2v) is 5.93. The number of nitrogens with one attached hydrogen (secondary N) is 2. The van der Waals surface area contributed by atoms with E-state index in [-0.39, 0.29) is 12.1 Å². The molecule has 17 heavy (non-hydrogen) atoms. The first-order valence-electron chi connectivity index (χ1n) is 6.55. The van der Waals surface area contributed by atoms with Crippen molar-refractivity contribution >= 4 is 6.09 Å². The van der Waals surface area contributed by atoms with Crippen molar-refractivity contribution in [3.05, 3.63) is 0 Å². The van der Waals surface area contributed by atoms with Crippen molar-refractivity contribution in [2.75, 3.05) is 13.6 Å². The molecule has 4 nitrogen and oxygen atoms in total. The van der Waals surface area contributed by atoms with Crippen LogP contribution in [0.25, 0.3) is 0 Å². The molecule has 2 N–H and O–H groups in total. The maximum Gasteiger partial charge on any atom is 0.407 e. The third-order valence-corrected chi connectivity index (χ3v) is 3.01. The van der Waals surface area contributed by atoms with Crippen LogP contribution in [0.2, 0.25) is 0 Å². The van der Waals surface area contributed by atoms with Gasteiger partial charge in [0.05, 0.1) is 0 Å². The molecule has 1 aliphatic rings. The molecule has 0 aromatic rings. The molecular formula is C13H26N2O2. The molecule has 100 valence electrons. The zero-order chi connectivity index (χ0) is 12.9. The highest BCUT2D eigenvalue weighted by molar-refractivity contribution is 5.68. The van der Waals surface area contributed by atoms with E-state index < -0.39 is 5.60 Å². The largest absolute Gasteiger partial charge is 0.444 e. The average molecular weight is 242 g/mol. The third-order valence-electron chi connectivity index (χ3n) is 3.01. The van der Waals surface area contributed by atoms with E-state index in [2.05, 4.69) is 10.6 Å². The molecule has 0 aromatic carbocycles. The first kappa shape index (κ1) is 14.3. The van der Waals surface area contributed by atoms with Gasteiger partial charge in [0.1, 0.15) is 5.60 Å². The quantitative estimate of drug-likeness (QED) is 0.777. The minimum Gasteiger partial charge on any atom is -0.444 e. The Bertz CT molecular complexity index is 244. The molecule has 0 heterocycles. The monoisotopic (exact) mass is 242 g/mol. The van der Waals surface area contributed by atoms with Gasteiger partial charge in [0, 0.05) is 12.6 Å². The van der Waals surface area contributed by atoms with Crippen LogP contribution in [0.15, 0.2) is 0 Å². The number of carbonyl (C=O) groups is 1. The van der Waals surface area contributed by atoms with Gasteiger partial charge >= 0.3 is 6.09 Å². The summed E-state index contributed by atoms with van der Waals surface area (Å²) < 4.78 is 5.27. The fourth-order valence-electron chi connectivity index (χ4n) is 2.04. The fraction of sp³-hybridized carbons (Fsp3) is 0.923. The summed E-state index contributed by atoms with van der Waals surface area (Å²) >= 11 is 0. The van der Waals surface area contributed by atoms with Crippen LogP contribution in [0.1, 0.15) is 46.5 Å². The molecule has 4 heteroatoms. The SMILES string of the molecule is CNCC(CC1CCC1)NC(=O)OC(C)(C)C. The van der Waals surface area contributed by atoms with Gasteiger partial charge in [0.25, 0.3) is 0 Å². The predicted octanol–water partition coefficient (Wildman–Crippen LogP) is 2.29. The van der Waals surface area contributed by atoms with Crippen molar-refractivity contribution < 1.29 is 9.53 Å². The van der Waals surface area contributed by atoms with E-state index in [9.17, 15) is 4.79 Å². The lowest BCUT2D eigenvalue weighted by Crippen LogP contribution is -2.45. The minimum absolute atomic E-state index is 0.181. The second-order valence-electron chi connectivity index (χ2n) is 5.93. The summed E-state index contributed by atoms with van der Waals surface area (Å²) in [5.41, 5.74) is -0.426. The number of hydrogen-bond acceptors (Lipinski definition) is 3. The summed E-state index contributed by atoms with van der Waals surface area (Å²) in [6, 6.07) is 0.181. The van der Waals surface area contributed by atoms with Gasteiger partial charge in [-0.3, -0.25) is 0 Å². The van der Waals surface area contributed by atoms with Crippen molar-refractivity contribution in [1.82, 2.24) is 10.6 Å². The molecule has 1 unspecified atom stereocenters. The molecule has 0 aromatic heterocycles. The molecule has 1 fully saturated rings. The Balaban J connectivity index is 2.33. The maximum atomic E-state index is 11.7. The van der Waals surface area contributed by atoms with E-state index >= 15 is 0 Å². The topological polar surface area (TPSA) is 50.4 Å². The fourth-order valence-corrected chi connectivity index (χ4v) is 2.04. The molecule has 0 aliphatic heterocycles. The lowest BCUT2D eigenvalue weighted by atomic mass is 9.81. The van der Waals surface area contributed by atoms with Gasteiger partial charge in [-0.15, -0.1) is 0 Å². The highest BCUT2D eigenvalue weighted by Gasteiger charge is 2.24. The van der Waals surface area contributed by atoms with E-state index in [1.807, 2.05) is 27.8 Å². The normalized spacial score (nSPS) is 18.4. The number of hydrogen-bond donors (Lipinski definition) is 2. The van der Waals surface area contributed by atoms with Gasteiger partial charge in [-0.05, 0) is 40.2 Å². The molecule has 0 spiro atoms. The molecule has 1 atom stereocenters. The lowest BCUT2D eigenvalue weighted by molar-refractivity contribution is 0.0492. The van der Waals surface area contributed by atoms with Gasteiger partial charge in [0.2, 0.25) is 0 Å². The van der Waals surface area contributed by atoms with Crippen LogP contribution in [-0.2, 0) is 4.74 Å². The molecule has 0 bridgehead atoms. The second kappa shape index (κ2) is 6.24. The Morgan fingerprint density at radius 1 is 1.41 bits per heavy atom. The van der Waals surface area contributed by atoms with E-state index in [1.54, 1.807) is 0 Å². The van der Waals surface area contributed by atoms with Crippen LogP contribution in [0.4, 0.5) is 4.79 Å². The Morgan fingerprint density at radius 3 is 2.47 bits per heavy atom. The molecule has 1 rings (SSSR count). The number of likely N-dealkylation sites (N-methyl/N-ethyl adjacent to an activating group) is 1. The van der Waals surface area contributed by atoms with Crippen molar-refractivity contribution in [1.29, 1.82) is 0 Å². The lowest BCUT2D eigenvalue weighted by Gasteiger charge is -2.30. The molecule has 1 saturated carbocycles. The van der Waals surface area contributed by atoms with Crippen LogP contribution >= 0.6 is 0 Å². The van der Waals surface area contributed by atoms with Crippen molar-refractivity contribution in [2.45, 2.75) is 58.1 Å². The van der Waals surface area contributed by atoms with Crippen molar-refractivity contribution in [3.63, 3.8) is 0 Å². The zero-order valence-corrected chi connectivity index (χ0v) is 11.5. The summed E-state index contributed by atoms with van der Waals surface area (Å²) in [5.74, 6) is 0.781. The van der Waals surface area contributed by atoms with Crippen molar-refractivity contribution in [2.24, 2.45) is 5.92 Å². The van der Waals surface area contributed by atoms with Crippen LogP contribution in [-0.4, -0.2) is 31.3 Å². The average Bonchev–Trinajstić information content (AvgIpc) is 2.08. The van der Waals surface area contributed by atoms with E-state index in [0.29, 0.717) is 0 Å². The smallest absolute Gasteiger partial charge is 0.407 e. The van der Waals surface area contributed by atoms with Gasteiger partial charge in [-0.1, -0.05) is 19.3 Å². The van der Waals surface area contributed by atoms with Gasteiger partial charge in [0.15, 0.2) is 0 Å². The molecule has 1 amide bonds. The highest BCUT2D eigenvalue weighted by Crippen LogP contribution is 2.30. The Kier molecular flexibility index (Phi) is 5.25. The third kappa shape index (κ3) is 5.91. The molecule has 1 aliphatic carbocycles.